The van der Waals surface area contributed by atoms with Crippen molar-refractivity contribution in [1.82, 2.24) is 10.2 Å². The van der Waals surface area contributed by atoms with E-state index in [-0.39, 0.29) is 0 Å². The van der Waals surface area contributed by atoms with Crippen molar-refractivity contribution in [2.24, 2.45) is 0 Å². The summed E-state index contributed by atoms with van der Waals surface area (Å²) in [5.41, 5.74) is 1.14. The zero-order chi connectivity index (χ0) is 27.9. The molecule has 2 aromatic carbocycles. The topological polar surface area (TPSA) is 108 Å². The lowest BCUT2D eigenvalue weighted by atomic mass is 9.96. The lowest BCUT2D eigenvalue weighted by Crippen LogP contribution is -2.55. The third-order valence-electron chi connectivity index (χ3n) is 5.39. The van der Waals surface area contributed by atoms with Gasteiger partial charge in [0.15, 0.2) is 0 Å². The number of nitrogens with one attached hydrogen (secondary N) is 2. The molecule has 0 bridgehead atoms. The zero-order valence-electron chi connectivity index (χ0n) is 22.0. The number of hydrogen-bond donors (Lipinski definition) is 3. The van der Waals surface area contributed by atoms with Gasteiger partial charge in [0, 0.05) is 11.6 Å². The number of amides is 3. The summed E-state index contributed by atoms with van der Waals surface area (Å²) in [4.78, 5) is 41.3. The Morgan fingerprint density at radius 1 is 1.14 bits per heavy atom. The monoisotopic (exact) mass is 527 g/mol. The molecule has 2 unspecified atom stereocenters. The summed E-state index contributed by atoms with van der Waals surface area (Å²) < 4.78 is 5.24. The van der Waals surface area contributed by atoms with Gasteiger partial charge in [0.25, 0.3) is 5.91 Å². The maximum atomic E-state index is 13.9. The molecular formula is C28H34ClN3O5. The van der Waals surface area contributed by atoms with Gasteiger partial charge in [0.1, 0.15) is 17.7 Å². The maximum Gasteiger partial charge on any atom is 0.408 e. The van der Waals surface area contributed by atoms with E-state index in [1.165, 1.54) is 4.90 Å². The number of alkyl carbamates (subject to hydrolysis) is 1. The third kappa shape index (κ3) is 7.72. The van der Waals surface area contributed by atoms with E-state index in [9.17, 15) is 19.5 Å². The number of hydrogen-bond acceptors (Lipinski definition) is 5. The molecule has 198 valence electrons. The summed E-state index contributed by atoms with van der Waals surface area (Å²) >= 11 is 6.35. The Labute approximate surface area is 223 Å². The maximum absolute atomic E-state index is 13.9. The number of ether oxygens (including phenoxy) is 1. The summed E-state index contributed by atoms with van der Waals surface area (Å²) in [7, 11) is 0. The molecule has 0 radical (unpaired) electrons. The molecule has 0 aliphatic heterocycles. The summed E-state index contributed by atoms with van der Waals surface area (Å²) in [5.74, 6) is 1.32. The molecule has 3 amide bonds. The van der Waals surface area contributed by atoms with Crippen molar-refractivity contribution < 1.29 is 24.2 Å². The van der Waals surface area contributed by atoms with Gasteiger partial charge in [-0.15, -0.1) is 6.42 Å². The second kappa shape index (κ2) is 12.6. The Balaban J connectivity index is 2.57. The van der Waals surface area contributed by atoms with Gasteiger partial charge < -0.3 is 25.4 Å². The lowest BCUT2D eigenvalue weighted by molar-refractivity contribution is -0.143. The van der Waals surface area contributed by atoms with Gasteiger partial charge >= 0.3 is 6.09 Å². The molecule has 8 nitrogen and oxygen atoms in total. The smallest absolute Gasteiger partial charge is 0.408 e. The molecule has 2 aromatic rings. The Hall–Kier alpha value is -3.54. The highest BCUT2D eigenvalue weighted by molar-refractivity contribution is 6.34. The molecule has 2 rings (SSSR count). The number of anilines is 1. The minimum Gasteiger partial charge on any atom is -0.444 e. The van der Waals surface area contributed by atoms with Crippen LogP contribution in [0.15, 0.2) is 42.5 Å². The number of rotatable bonds is 8. The highest BCUT2D eigenvalue weighted by Crippen LogP contribution is 2.31. The third-order valence-corrected chi connectivity index (χ3v) is 5.70. The number of nitrogens with zero attached hydrogens (tertiary/aromatic N) is 1. The van der Waals surface area contributed by atoms with Crippen LogP contribution in [0, 0.1) is 19.3 Å². The highest BCUT2D eigenvalue weighted by atomic mass is 35.5. The molecule has 0 saturated heterocycles. The molecule has 0 fully saturated rings. The van der Waals surface area contributed by atoms with E-state index in [1.54, 1.807) is 84.0 Å². The first-order chi connectivity index (χ1) is 17.3. The van der Waals surface area contributed by atoms with E-state index >= 15 is 0 Å². The van der Waals surface area contributed by atoms with E-state index in [0.717, 1.165) is 5.56 Å². The van der Waals surface area contributed by atoms with Crippen LogP contribution in [0.5, 0.6) is 0 Å². The van der Waals surface area contributed by atoms with E-state index in [2.05, 4.69) is 16.6 Å². The van der Waals surface area contributed by atoms with Gasteiger partial charge in [-0.1, -0.05) is 47.9 Å². The Morgan fingerprint density at radius 2 is 1.78 bits per heavy atom. The van der Waals surface area contributed by atoms with Crippen LogP contribution in [0.1, 0.15) is 57.4 Å². The van der Waals surface area contributed by atoms with Gasteiger partial charge in [-0.25, -0.2) is 4.79 Å². The van der Waals surface area contributed by atoms with Gasteiger partial charge in [-0.3, -0.25) is 9.59 Å². The van der Waals surface area contributed by atoms with Gasteiger partial charge in [0.2, 0.25) is 5.91 Å². The Kier molecular flexibility index (Phi) is 10.1. The first kappa shape index (κ1) is 29.7. The first-order valence-corrected chi connectivity index (χ1v) is 12.2. The van der Waals surface area contributed by atoms with Crippen LogP contribution in [0.4, 0.5) is 10.5 Å². The molecule has 2 atom stereocenters. The molecule has 3 N–H and O–H groups in total. The normalized spacial score (nSPS) is 12.8. The minimum atomic E-state index is -1.37. The quantitative estimate of drug-likeness (QED) is 0.440. The Morgan fingerprint density at radius 3 is 2.32 bits per heavy atom. The number of benzene rings is 2. The summed E-state index contributed by atoms with van der Waals surface area (Å²) in [6.45, 7) is 9.56. The van der Waals surface area contributed by atoms with E-state index in [4.69, 9.17) is 22.8 Å². The number of aliphatic hydroxyl groups is 1. The van der Waals surface area contributed by atoms with Crippen LogP contribution >= 0.6 is 11.6 Å². The van der Waals surface area contributed by atoms with E-state index in [0.29, 0.717) is 21.8 Å². The summed E-state index contributed by atoms with van der Waals surface area (Å²) in [5, 5.41) is 15.6. The molecule has 0 aromatic heterocycles. The molecular weight excluding hydrogens is 494 g/mol. The van der Waals surface area contributed by atoms with Crippen LogP contribution < -0.4 is 10.6 Å². The molecule has 9 heteroatoms. The van der Waals surface area contributed by atoms with Crippen molar-refractivity contribution in [3.63, 3.8) is 0 Å². The molecule has 0 aliphatic rings. The molecule has 37 heavy (non-hydrogen) atoms. The number of carbonyl (C=O) groups excluding carboxylic acids is 3. The number of carbonyl (C=O) groups is 3. The number of aryl methyl sites for hydroxylation is 1. The van der Waals surface area contributed by atoms with Crippen molar-refractivity contribution in [3.05, 3.63) is 64.2 Å². The fourth-order valence-corrected chi connectivity index (χ4v) is 4.03. The second-order valence-corrected chi connectivity index (χ2v) is 10.2. The number of aliphatic hydroxyl groups excluding tert-OH is 1. The average Bonchev–Trinajstić information content (AvgIpc) is 2.81. The van der Waals surface area contributed by atoms with E-state index in [1.807, 2.05) is 0 Å². The molecule has 0 heterocycles. The predicted molar refractivity (Wildman–Crippen MR) is 144 cm³/mol. The van der Waals surface area contributed by atoms with Crippen LogP contribution in [0.3, 0.4) is 0 Å². The Bertz CT molecular complexity index is 1160. The van der Waals surface area contributed by atoms with Gasteiger partial charge in [-0.2, -0.15) is 0 Å². The molecule has 0 aliphatic carbocycles. The first-order valence-electron chi connectivity index (χ1n) is 11.8. The van der Waals surface area contributed by atoms with E-state index < -0.39 is 48.2 Å². The van der Waals surface area contributed by atoms with Crippen molar-refractivity contribution in [3.8, 4) is 12.3 Å². The fourth-order valence-electron chi connectivity index (χ4n) is 3.76. The van der Waals surface area contributed by atoms with Gasteiger partial charge in [0.05, 0.1) is 17.3 Å². The van der Waals surface area contributed by atoms with Crippen molar-refractivity contribution in [2.75, 3.05) is 11.9 Å². The summed E-state index contributed by atoms with van der Waals surface area (Å²) in [6.07, 6.45) is 4.86. The van der Waals surface area contributed by atoms with Crippen molar-refractivity contribution in [1.29, 1.82) is 0 Å². The SMILES string of the molecule is C#Cc1ccccc1C(C(=O)Nc1c(C)cccc1Cl)N(C(=O)C(CO)NC(=O)OC(C)(C)C)C(C)C. The standard InChI is InChI=1S/C28H34ClN3O5/c1-8-19-13-9-10-14-20(19)24(25(34)31-23-18(4)12-11-15-21(23)29)32(17(2)3)26(35)22(16-33)30-27(36)37-28(5,6)7/h1,9-15,17,22,24,33H,16H2,2-7H3,(H,30,36)(H,31,34). The molecule has 0 saturated carbocycles. The van der Waals surface area contributed by atoms with Crippen LogP contribution in [-0.2, 0) is 14.3 Å². The fraction of sp³-hybridized carbons (Fsp3) is 0.393. The second-order valence-electron chi connectivity index (χ2n) is 9.78. The average molecular weight is 528 g/mol. The predicted octanol–water partition coefficient (Wildman–Crippen LogP) is 4.43. The van der Waals surface area contributed by atoms with Crippen LogP contribution in [-0.4, -0.2) is 52.2 Å². The van der Waals surface area contributed by atoms with Gasteiger partial charge in [-0.05, 0) is 64.8 Å². The van der Waals surface area contributed by atoms with Crippen molar-refractivity contribution in [2.45, 2.75) is 65.3 Å². The zero-order valence-corrected chi connectivity index (χ0v) is 22.7. The largest absolute Gasteiger partial charge is 0.444 e. The summed E-state index contributed by atoms with van der Waals surface area (Å²) in [6, 6.07) is 8.87. The van der Waals surface area contributed by atoms with Crippen LogP contribution in [0.25, 0.3) is 0 Å². The number of halogens is 1. The number of para-hydroxylation sites is 1. The lowest BCUT2D eigenvalue weighted by Gasteiger charge is -2.37. The minimum absolute atomic E-state index is 0.333. The molecule has 0 spiro atoms. The van der Waals surface area contributed by atoms with Crippen molar-refractivity contribution >= 4 is 35.2 Å². The van der Waals surface area contributed by atoms with Crippen LogP contribution in [0.2, 0.25) is 5.02 Å². The number of terminal acetylenes is 1. The highest BCUT2D eigenvalue weighted by Gasteiger charge is 2.38.